The summed E-state index contributed by atoms with van der Waals surface area (Å²) in [6, 6.07) is 4.25. The number of ether oxygens (including phenoxy) is 1. The fourth-order valence-corrected chi connectivity index (χ4v) is 4.69. The number of hydrogen-bond acceptors (Lipinski definition) is 9. The number of amides is 1. The van der Waals surface area contributed by atoms with E-state index >= 15 is 0 Å². The molecule has 2 aliphatic heterocycles. The Labute approximate surface area is 185 Å². The molecule has 2 saturated heterocycles. The van der Waals surface area contributed by atoms with Gasteiger partial charge in [0.2, 0.25) is 0 Å². The van der Waals surface area contributed by atoms with Gasteiger partial charge in [0, 0.05) is 48.9 Å². The van der Waals surface area contributed by atoms with Crippen molar-refractivity contribution in [2.75, 3.05) is 38.2 Å². The monoisotopic (exact) mass is 441 g/mol. The van der Waals surface area contributed by atoms with Gasteiger partial charge in [0.15, 0.2) is 5.13 Å². The van der Waals surface area contributed by atoms with Gasteiger partial charge in [-0.05, 0) is 39.2 Å². The van der Waals surface area contributed by atoms with Gasteiger partial charge in [-0.2, -0.15) is 5.26 Å². The highest BCUT2D eigenvalue weighted by molar-refractivity contribution is 7.14. The molecule has 2 N–H and O–H groups in total. The molecule has 2 aliphatic rings. The predicted molar refractivity (Wildman–Crippen MR) is 118 cm³/mol. The van der Waals surface area contributed by atoms with Crippen LogP contribution in [-0.4, -0.2) is 64.6 Å². The lowest BCUT2D eigenvalue weighted by Crippen LogP contribution is -2.39. The molecule has 0 aliphatic carbocycles. The minimum absolute atomic E-state index is 0.141. The first-order chi connectivity index (χ1) is 15.1. The highest BCUT2D eigenvalue weighted by Gasteiger charge is 2.24. The van der Waals surface area contributed by atoms with Crippen LogP contribution in [0, 0.1) is 18.3 Å². The average molecular weight is 442 g/mol. The number of thiazole rings is 1. The lowest BCUT2D eigenvalue weighted by atomic mass is 9.97. The Morgan fingerprint density at radius 3 is 2.97 bits per heavy atom. The highest BCUT2D eigenvalue weighted by Crippen LogP contribution is 2.27. The molecule has 1 amide bonds. The second-order valence-electron chi connectivity index (χ2n) is 8.01. The largest absolute Gasteiger partial charge is 0.381 e. The molecular weight excluding hydrogens is 414 g/mol. The number of aromatic nitrogens is 3. The third-order valence-electron chi connectivity index (χ3n) is 5.56. The number of carbonyl (C=O) groups excluding carboxylic acids is 1. The van der Waals surface area contributed by atoms with E-state index in [1.165, 1.54) is 11.3 Å². The number of nitriles is 1. The third-order valence-corrected chi connectivity index (χ3v) is 6.32. The Morgan fingerprint density at radius 1 is 1.32 bits per heavy atom. The van der Waals surface area contributed by atoms with E-state index < -0.39 is 0 Å². The van der Waals surface area contributed by atoms with Gasteiger partial charge in [-0.25, -0.2) is 15.0 Å². The first-order valence-corrected chi connectivity index (χ1v) is 11.5. The van der Waals surface area contributed by atoms with Crippen LogP contribution in [0.4, 0.5) is 10.9 Å². The summed E-state index contributed by atoms with van der Waals surface area (Å²) in [5, 5.41) is 17.6. The van der Waals surface area contributed by atoms with Crippen molar-refractivity contribution in [2.45, 2.75) is 44.6 Å². The molecule has 0 bridgehead atoms. The van der Waals surface area contributed by atoms with Crippen LogP contribution in [0.15, 0.2) is 11.4 Å². The highest BCUT2D eigenvalue weighted by atomic mass is 32.1. The van der Waals surface area contributed by atoms with Gasteiger partial charge >= 0.3 is 0 Å². The number of piperidine rings is 1. The zero-order valence-corrected chi connectivity index (χ0v) is 18.5. The van der Waals surface area contributed by atoms with Crippen LogP contribution in [0.25, 0.3) is 0 Å². The van der Waals surface area contributed by atoms with Crippen molar-refractivity contribution in [1.29, 1.82) is 5.26 Å². The fraction of sp³-hybridized carbons (Fsp3) is 0.571. The first-order valence-electron chi connectivity index (χ1n) is 10.7. The van der Waals surface area contributed by atoms with E-state index in [1.54, 1.807) is 5.38 Å². The van der Waals surface area contributed by atoms with Gasteiger partial charge in [0.25, 0.3) is 5.91 Å². The second-order valence-corrected chi connectivity index (χ2v) is 8.87. The van der Waals surface area contributed by atoms with Crippen LogP contribution in [0.3, 0.4) is 0 Å². The van der Waals surface area contributed by atoms with Gasteiger partial charge in [0.1, 0.15) is 17.3 Å². The van der Waals surface area contributed by atoms with E-state index in [9.17, 15) is 4.79 Å². The minimum atomic E-state index is -0.157. The number of nitrogens with zero attached hydrogens (tertiary/aromatic N) is 5. The number of aryl methyl sites for hydroxylation is 1. The van der Waals surface area contributed by atoms with Gasteiger partial charge in [0.05, 0.1) is 12.6 Å². The van der Waals surface area contributed by atoms with Gasteiger partial charge in [-0.15, -0.1) is 11.3 Å². The Hall–Kier alpha value is -2.61. The van der Waals surface area contributed by atoms with Crippen LogP contribution >= 0.6 is 11.3 Å². The van der Waals surface area contributed by atoms with Gasteiger partial charge in [-0.3, -0.25) is 9.69 Å². The van der Waals surface area contributed by atoms with Crippen molar-refractivity contribution in [3.8, 4) is 6.07 Å². The van der Waals surface area contributed by atoms with E-state index in [4.69, 9.17) is 15.0 Å². The molecule has 4 rings (SSSR count). The summed E-state index contributed by atoms with van der Waals surface area (Å²) >= 11 is 1.38. The second kappa shape index (κ2) is 10.1. The van der Waals surface area contributed by atoms with E-state index in [0.29, 0.717) is 36.4 Å². The predicted octanol–water partition coefficient (Wildman–Crippen LogP) is 2.60. The fourth-order valence-electron chi connectivity index (χ4n) is 3.99. The van der Waals surface area contributed by atoms with Gasteiger partial charge in [-0.1, -0.05) is 0 Å². The van der Waals surface area contributed by atoms with E-state index in [-0.39, 0.29) is 17.9 Å². The number of nitrogens with one attached hydrogen (secondary N) is 2. The lowest BCUT2D eigenvalue weighted by Gasteiger charge is -2.30. The zero-order chi connectivity index (χ0) is 21.6. The molecule has 2 aromatic heterocycles. The van der Waals surface area contributed by atoms with Crippen molar-refractivity contribution in [2.24, 2.45) is 0 Å². The number of hydrogen-bond donors (Lipinski definition) is 2. The van der Waals surface area contributed by atoms with Crippen molar-refractivity contribution >= 4 is 28.2 Å². The van der Waals surface area contributed by atoms with E-state index in [1.807, 2.05) is 13.0 Å². The Morgan fingerprint density at radius 2 is 2.16 bits per heavy atom. The molecule has 2 aromatic rings. The molecule has 0 unspecified atom stereocenters. The summed E-state index contributed by atoms with van der Waals surface area (Å²) in [5.41, 5.74) is 1.28. The molecule has 2 fully saturated rings. The average Bonchev–Trinajstić information content (AvgIpc) is 3.23. The standard InChI is InChI=1S/C21H27N7O2S/c1-14-11-18(26-19(23-14)15-3-2-7-28(12-15)8-6-22)27-21-25-17(13-31-21)20(29)24-16-4-9-30-10-5-16/h11,13,15-16H,2-5,7-10,12H2,1H3,(H,24,29)(H,23,25,26,27)/t15-/m1/s1. The van der Waals surface area contributed by atoms with E-state index in [0.717, 1.165) is 50.3 Å². The van der Waals surface area contributed by atoms with Crippen LogP contribution in [-0.2, 0) is 4.74 Å². The molecular formula is C21H27N7O2S. The lowest BCUT2D eigenvalue weighted by molar-refractivity contribution is 0.0694. The molecule has 10 heteroatoms. The normalized spacial score (nSPS) is 20.2. The summed E-state index contributed by atoms with van der Waals surface area (Å²) in [5.74, 6) is 1.51. The molecule has 0 radical (unpaired) electrons. The maximum absolute atomic E-state index is 12.5. The summed E-state index contributed by atoms with van der Waals surface area (Å²) in [7, 11) is 0. The smallest absolute Gasteiger partial charge is 0.271 e. The van der Waals surface area contributed by atoms with Crippen molar-refractivity contribution in [3.63, 3.8) is 0 Å². The number of anilines is 2. The Kier molecular flexibility index (Phi) is 7.06. The number of carbonyl (C=O) groups is 1. The Bertz CT molecular complexity index is 951. The van der Waals surface area contributed by atoms with Crippen molar-refractivity contribution < 1.29 is 9.53 Å². The maximum Gasteiger partial charge on any atom is 0.271 e. The first kappa shape index (κ1) is 21.6. The number of rotatable bonds is 6. The molecule has 9 nitrogen and oxygen atoms in total. The minimum Gasteiger partial charge on any atom is -0.381 e. The van der Waals surface area contributed by atoms with Crippen LogP contribution in [0.5, 0.6) is 0 Å². The summed E-state index contributed by atoms with van der Waals surface area (Å²) in [6.45, 7) is 5.48. The third kappa shape index (κ3) is 5.76. The summed E-state index contributed by atoms with van der Waals surface area (Å²) in [6.07, 6.45) is 3.71. The SMILES string of the molecule is Cc1cc(Nc2nc(C(=O)NC3CCOCC3)cs2)nc([C@@H]2CCCN(CC#N)C2)n1. The molecule has 0 aromatic carbocycles. The van der Waals surface area contributed by atoms with Crippen LogP contribution < -0.4 is 10.6 Å². The summed E-state index contributed by atoms with van der Waals surface area (Å²) < 4.78 is 5.33. The molecule has 0 spiro atoms. The number of likely N-dealkylation sites (tertiary alicyclic amines) is 1. The van der Waals surface area contributed by atoms with Crippen molar-refractivity contribution in [1.82, 2.24) is 25.2 Å². The summed E-state index contributed by atoms with van der Waals surface area (Å²) in [4.78, 5) is 28.4. The topological polar surface area (TPSA) is 116 Å². The Balaban J connectivity index is 1.41. The molecule has 164 valence electrons. The zero-order valence-electron chi connectivity index (χ0n) is 17.6. The van der Waals surface area contributed by atoms with Crippen LogP contribution in [0.2, 0.25) is 0 Å². The van der Waals surface area contributed by atoms with Gasteiger partial charge < -0.3 is 15.4 Å². The molecule has 31 heavy (non-hydrogen) atoms. The maximum atomic E-state index is 12.5. The molecule has 1 atom stereocenters. The molecule has 0 saturated carbocycles. The molecule has 4 heterocycles. The van der Waals surface area contributed by atoms with E-state index in [2.05, 4.69) is 31.6 Å². The van der Waals surface area contributed by atoms with Crippen molar-refractivity contribution in [3.05, 3.63) is 28.7 Å². The quantitative estimate of drug-likeness (QED) is 0.657. The van der Waals surface area contributed by atoms with Crippen LogP contribution in [0.1, 0.15) is 53.6 Å².